The maximum absolute atomic E-state index is 10.1. The predicted octanol–water partition coefficient (Wildman–Crippen LogP) is 8.42. The van der Waals surface area contributed by atoms with Gasteiger partial charge in [-0.05, 0) is 80.5 Å². The molecule has 0 aliphatic heterocycles. The van der Waals surface area contributed by atoms with E-state index in [-0.39, 0.29) is 0 Å². The van der Waals surface area contributed by atoms with Crippen molar-refractivity contribution in [1.29, 1.82) is 5.26 Å². The van der Waals surface area contributed by atoms with Gasteiger partial charge in [-0.25, -0.2) is 4.57 Å². The van der Waals surface area contributed by atoms with Crippen LogP contribution in [0.2, 0.25) is 0 Å². The first kappa shape index (κ1) is 23.3. The molecule has 0 atom stereocenters. The van der Waals surface area contributed by atoms with Crippen molar-refractivity contribution >= 4 is 21.9 Å². The molecule has 184 valence electrons. The maximum Gasteiger partial charge on any atom is 0.216 e. The standard InChI is InChI=1S/C33H37N2O/c1-21-17-18-35(3)29(19-21)30-22(2)9-15-27-28-16-14-26(20-34)31(33(28)36-32(27)30)25-12-10-24(11-13-25)23-7-5-4-6-8-23/h9,14-19,23-25H,4-8,10-13H2,1-3H3/q+1. The molecular weight excluding hydrogens is 440 g/mol. The van der Waals surface area contributed by atoms with Crippen LogP contribution in [0.4, 0.5) is 0 Å². The van der Waals surface area contributed by atoms with Crippen LogP contribution in [-0.2, 0) is 7.05 Å². The van der Waals surface area contributed by atoms with E-state index < -0.39 is 0 Å². The third-order valence-corrected chi connectivity index (χ3v) is 9.23. The summed E-state index contributed by atoms with van der Waals surface area (Å²) >= 11 is 0. The number of hydrogen-bond acceptors (Lipinski definition) is 2. The van der Waals surface area contributed by atoms with Gasteiger partial charge < -0.3 is 4.42 Å². The second-order valence-corrected chi connectivity index (χ2v) is 11.5. The Bertz CT molecular complexity index is 1470. The smallest absolute Gasteiger partial charge is 0.216 e. The number of fused-ring (bicyclic) bond motifs is 3. The lowest BCUT2D eigenvalue weighted by atomic mass is 9.69. The van der Waals surface area contributed by atoms with Crippen molar-refractivity contribution in [3.8, 4) is 17.3 Å². The zero-order chi connectivity index (χ0) is 24.8. The zero-order valence-electron chi connectivity index (χ0n) is 21.9. The van der Waals surface area contributed by atoms with Gasteiger partial charge in [-0.1, -0.05) is 44.2 Å². The second kappa shape index (κ2) is 9.40. The highest BCUT2D eigenvalue weighted by Gasteiger charge is 2.32. The maximum atomic E-state index is 10.1. The number of aromatic nitrogens is 1. The minimum absolute atomic E-state index is 0.406. The average Bonchev–Trinajstić information content (AvgIpc) is 3.29. The van der Waals surface area contributed by atoms with E-state index in [0.717, 1.165) is 56.2 Å². The molecule has 0 saturated heterocycles. The Kier molecular flexibility index (Phi) is 6.08. The van der Waals surface area contributed by atoms with Crippen LogP contribution in [-0.4, -0.2) is 0 Å². The lowest BCUT2D eigenvalue weighted by Gasteiger charge is -2.36. The fraction of sp³-hybridized carbons (Fsp3) is 0.455. The second-order valence-electron chi connectivity index (χ2n) is 11.5. The van der Waals surface area contributed by atoms with E-state index in [1.807, 2.05) is 6.07 Å². The summed E-state index contributed by atoms with van der Waals surface area (Å²) in [6.07, 6.45) is 14.2. The van der Waals surface area contributed by atoms with Crippen molar-refractivity contribution in [1.82, 2.24) is 0 Å². The minimum atomic E-state index is 0.406. The van der Waals surface area contributed by atoms with Gasteiger partial charge in [0.1, 0.15) is 18.2 Å². The molecule has 0 spiro atoms. The highest BCUT2D eigenvalue weighted by atomic mass is 16.3. The number of hydrogen-bond donors (Lipinski definition) is 0. The number of rotatable bonds is 3. The van der Waals surface area contributed by atoms with Crippen molar-refractivity contribution in [2.45, 2.75) is 77.6 Å². The summed E-state index contributed by atoms with van der Waals surface area (Å²) in [7, 11) is 2.10. The summed E-state index contributed by atoms with van der Waals surface area (Å²) < 4.78 is 9.00. The Morgan fingerprint density at radius 3 is 2.28 bits per heavy atom. The lowest BCUT2D eigenvalue weighted by molar-refractivity contribution is -0.660. The quantitative estimate of drug-likeness (QED) is 0.278. The molecule has 36 heavy (non-hydrogen) atoms. The zero-order valence-corrected chi connectivity index (χ0v) is 21.9. The van der Waals surface area contributed by atoms with E-state index in [4.69, 9.17) is 4.42 Å². The average molecular weight is 478 g/mol. The highest BCUT2D eigenvalue weighted by molar-refractivity contribution is 6.11. The summed E-state index contributed by atoms with van der Waals surface area (Å²) in [5.74, 6) is 2.21. The fourth-order valence-electron chi connectivity index (χ4n) is 7.25. The Morgan fingerprint density at radius 1 is 0.833 bits per heavy atom. The van der Waals surface area contributed by atoms with Crippen LogP contribution in [0.25, 0.3) is 33.2 Å². The molecule has 2 aromatic carbocycles. The van der Waals surface area contributed by atoms with Crippen LogP contribution in [0.5, 0.6) is 0 Å². The molecule has 2 aliphatic rings. The van der Waals surface area contributed by atoms with Crippen LogP contribution >= 0.6 is 0 Å². The molecule has 0 unspecified atom stereocenters. The van der Waals surface area contributed by atoms with Crippen molar-refractivity contribution in [3.63, 3.8) is 0 Å². The summed E-state index contributed by atoms with van der Waals surface area (Å²) in [4.78, 5) is 0. The van der Waals surface area contributed by atoms with Crippen molar-refractivity contribution in [3.05, 3.63) is 64.8 Å². The fourth-order valence-corrected chi connectivity index (χ4v) is 7.25. The van der Waals surface area contributed by atoms with Gasteiger partial charge in [0.05, 0.1) is 17.2 Å². The molecular formula is C33H37N2O+. The van der Waals surface area contributed by atoms with E-state index in [0.29, 0.717) is 5.92 Å². The summed E-state index contributed by atoms with van der Waals surface area (Å²) in [5.41, 5.74) is 8.58. The number of nitriles is 1. The van der Waals surface area contributed by atoms with Gasteiger partial charge >= 0.3 is 0 Å². The number of aryl methyl sites for hydroxylation is 3. The van der Waals surface area contributed by atoms with Crippen molar-refractivity contribution < 1.29 is 8.98 Å². The largest absolute Gasteiger partial charge is 0.455 e. The Morgan fingerprint density at radius 2 is 1.53 bits per heavy atom. The number of pyridine rings is 1. The van der Waals surface area contributed by atoms with E-state index in [1.54, 1.807) is 0 Å². The first-order valence-corrected chi connectivity index (χ1v) is 13.9. The molecule has 0 N–H and O–H groups in total. The molecule has 6 rings (SSSR count). The molecule has 3 nitrogen and oxygen atoms in total. The van der Waals surface area contributed by atoms with Gasteiger partial charge in [0, 0.05) is 28.5 Å². The third-order valence-electron chi connectivity index (χ3n) is 9.23. The molecule has 2 aromatic heterocycles. The number of benzene rings is 2. The van der Waals surface area contributed by atoms with Gasteiger partial charge in [-0.3, -0.25) is 0 Å². The van der Waals surface area contributed by atoms with Crippen LogP contribution in [0, 0.1) is 37.0 Å². The van der Waals surface area contributed by atoms with Gasteiger partial charge in [0.25, 0.3) is 0 Å². The van der Waals surface area contributed by atoms with E-state index >= 15 is 0 Å². The van der Waals surface area contributed by atoms with Gasteiger partial charge in [0.15, 0.2) is 6.20 Å². The molecule has 2 aliphatic carbocycles. The van der Waals surface area contributed by atoms with Crippen LogP contribution < -0.4 is 4.57 Å². The molecule has 2 fully saturated rings. The Labute approximate surface area is 214 Å². The van der Waals surface area contributed by atoms with E-state index in [1.165, 1.54) is 68.9 Å². The molecule has 3 heteroatoms. The predicted molar refractivity (Wildman–Crippen MR) is 146 cm³/mol. The van der Waals surface area contributed by atoms with Crippen molar-refractivity contribution in [2.24, 2.45) is 18.9 Å². The highest BCUT2D eigenvalue weighted by Crippen LogP contribution is 2.47. The van der Waals surface area contributed by atoms with Gasteiger partial charge in [-0.2, -0.15) is 5.26 Å². The van der Waals surface area contributed by atoms with Gasteiger partial charge in [0.2, 0.25) is 5.69 Å². The van der Waals surface area contributed by atoms with Gasteiger partial charge in [-0.15, -0.1) is 0 Å². The first-order chi connectivity index (χ1) is 17.5. The molecule has 0 bridgehead atoms. The third kappa shape index (κ3) is 3.92. The number of nitrogens with zero attached hydrogens (tertiary/aromatic N) is 2. The molecule has 4 aromatic rings. The summed E-state index contributed by atoms with van der Waals surface area (Å²) in [6.45, 7) is 4.30. The van der Waals surface area contributed by atoms with Crippen LogP contribution in [0.1, 0.15) is 86.0 Å². The Balaban J connectivity index is 1.46. The van der Waals surface area contributed by atoms with Crippen molar-refractivity contribution in [2.75, 3.05) is 0 Å². The first-order valence-electron chi connectivity index (χ1n) is 13.9. The van der Waals surface area contributed by atoms with E-state index in [9.17, 15) is 5.26 Å². The Hall–Kier alpha value is -3.12. The lowest BCUT2D eigenvalue weighted by Crippen LogP contribution is -2.30. The monoisotopic (exact) mass is 477 g/mol. The normalized spacial score (nSPS) is 21.2. The topological polar surface area (TPSA) is 40.8 Å². The molecule has 2 saturated carbocycles. The molecule has 0 radical (unpaired) electrons. The minimum Gasteiger partial charge on any atom is -0.455 e. The number of furan rings is 1. The van der Waals surface area contributed by atoms with E-state index in [2.05, 4.69) is 68.1 Å². The van der Waals surface area contributed by atoms with Crippen LogP contribution in [0.15, 0.2) is 47.0 Å². The SMILES string of the molecule is Cc1cc[n+](C)c(-c2c(C)ccc3c2oc2c(C4CCC(C5CCCCC5)CC4)c(C#N)ccc23)c1. The summed E-state index contributed by atoms with van der Waals surface area (Å²) in [6, 6.07) is 15.4. The molecule has 0 amide bonds. The summed E-state index contributed by atoms with van der Waals surface area (Å²) in [5, 5.41) is 12.4. The molecule has 2 heterocycles. The van der Waals surface area contributed by atoms with Crippen LogP contribution in [0.3, 0.4) is 0 Å².